The van der Waals surface area contributed by atoms with Gasteiger partial charge in [0.2, 0.25) is 0 Å². The van der Waals surface area contributed by atoms with Crippen LogP contribution in [-0.2, 0) is 9.84 Å². The monoisotopic (exact) mass is 292 g/mol. The number of aromatic carboxylic acids is 1. The fourth-order valence-corrected chi connectivity index (χ4v) is 2.35. The molecular weight excluding hydrogens is 284 g/mol. The van der Waals surface area contributed by atoms with E-state index in [2.05, 4.69) is 15.9 Å². The Kier molecular flexibility index (Phi) is 3.51. The largest absolute Gasteiger partial charge is 0.478 e. The molecule has 0 heterocycles. The SMILES string of the molecule is CCS(=O)(=O)c1ccc(Br)c(C(=O)O)c1. The van der Waals surface area contributed by atoms with E-state index in [1.807, 2.05) is 0 Å². The molecule has 0 spiro atoms. The van der Waals surface area contributed by atoms with E-state index in [0.29, 0.717) is 4.47 Å². The third kappa shape index (κ3) is 2.57. The number of hydrogen-bond acceptors (Lipinski definition) is 3. The van der Waals surface area contributed by atoms with Gasteiger partial charge in [0.05, 0.1) is 16.2 Å². The minimum Gasteiger partial charge on any atom is -0.478 e. The molecule has 0 amide bonds. The molecule has 0 atom stereocenters. The second-order valence-electron chi connectivity index (χ2n) is 2.85. The van der Waals surface area contributed by atoms with Crippen LogP contribution < -0.4 is 0 Å². The summed E-state index contributed by atoms with van der Waals surface area (Å²) in [6, 6.07) is 3.96. The average molecular weight is 293 g/mol. The molecule has 1 aromatic carbocycles. The summed E-state index contributed by atoms with van der Waals surface area (Å²) in [7, 11) is -3.36. The maximum Gasteiger partial charge on any atom is 0.336 e. The molecule has 0 saturated heterocycles. The second-order valence-corrected chi connectivity index (χ2v) is 5.98. The van der Waals surface area contributed by atoms with Crippen LogP contribution in [0.4, 0.5) is 0 Å². The molecule has 0 fully saturated rings. The average Bonchev–Trinajstić information content (AvgIpc) is 2.17. The smallest absolute Gasteiger partial charge is 0.336 e. The topological polar surface area (TPSA) is 71.4 Å². The van der Waals surface area contributed by atoms with Crippen LogP contribution >= 0.6 is 15.9 Å². The summed E-state index contributed by atoms with van der Waals surface area (Å²) in [5, 5.41) is 8.80. The Balaban J connectivity index is 3.38. The Morgan fingerprint density at radius 2 is 2.07 bits per heavy atom. The van der Waals surface area contributed by atoms with Crippen molar-refractivity contribution in [2.45, 2.75) is 11.8 Å². The van der Waals surface area contributed by atoms with E-state index in [1.165, 1.54) is 19.1 Å². The van der Waals surface area contributed by atoms with Gasteiger partial charge in [-0.15, -0.1) is 0 Å². The first kappa shape index (κ1) is 12.2. The molecule has 4 nitrogen and oxygen atoms in total. The Bertz CT molecular complexity index is 493. The van der Waals surface area contributed by atoms with Crippen LogP contribution in [0, 0.1) is 0 Å². The fraction of sp³-hybridized carbons (Fsp3) is 0.222. The highest BCUT2D eigenvalue weighted by Gasteiger charge is 2.16. The molecule has 0 bridgehead atoms. The van der Waals surface area contributed by atoms with E-state index in [9.17, 15) is 13.2 Å². The molecule has 0 aliphatic rings. The van der Waals surface area contributed by atoms with Crippen LogP contribution in [0.25, 0.3) is 0 Å². The summed E-state index contributed by atoms with van der Waals surface area (Å²) in [6.07, 6.45) is 0. The van der Waals surface area contributed by atoms with Crippen molar-refractivity contribution in [1.82, 2.24) is 0 Å². The van der Waals surface area contributed by atoms with Crippen molar-refractivity contribution in [1.29, 1.82) is 0 Å². The lowest BCUT2D eigenvalue weighted by atomic mass is 10.2. The predicted octanol–water partition coefficient (Wildman–Crippen LogP) is 1.94. The normalized spacial score (nSPS) is 11.3. The maximum atomic E-state index is 11.5. The molecule has 0 unspecified atom stereocenters. The first-order valence-corrected chi connectivity index (χ1v) is 6.58. The van der Waals surface area contributed by atoms with Gasteiger partial charge in [-0.05, 0) is 34.1 Å². The van der Waals surface area contributed by atoms with Crippen LogP contribution in [0.15, 0.2) is 27.6 Å². The third-order valence-electron chi connectivity index (χ3n) is 1.91. The predicted molar refractivity (Wildman–Crippen MR) is 58.8 cm³/mol. The van der Waals surface area contributed by atoms with Crippen LogP contribution in [0.3, 0.4) is 0 Å². The summed E-state index contributed by atoms with van der Waals surface area (Å²) in [6.45, 7) is 1.51. The van der Waals surface area contributed by atoms with E-state index in [-0.39, 0.29) is 16.2 Å². The van der Waals surface area contributed by atoms with Crippen LogP contribution in [-0.4, -0.2) is 25.2 Å². The minimum absolute atomic E-state index is 0.0330. The molecule has 0 aliphatic heterocycles. The quantitative estimate of drug-likeness (QED) is 0.924. The van der Waals surface area contributed by atoms with Gasteiger partial charge in [-0.3, -0.25) is 0 Å². The number of halogens is 1. The molecule has 0 radical (unpaired) electrons. The zero-order valence-corrected chi connectivity index (χ0v) is 10.3. The van der Waals surface area contributed by atoms with Crippen LogP contribution in [0.5, 0.6) is 0 Å². The molecule has 1 aromatic rings. The molecule has 82 valence electrons. The summed E-state index contributed by atoms with van der Waals surface area (Å²) in [5.41, 5.74) is -0.0514. The van der Waals surface area contributed by atoms with Crippen molar-refractivity contribution < 1.29 is 18.3 Å². The minimum atomic E-state index is -3.36. The van der Waals surface area contributed by atoms with Crippen molar-refractivity contribution >= 4 is 31.7 Å². The maximum absolute atomic E-state index is 11.5. The number of carboxylic acid groups (broad SMARTS) is 1. The standard InChI is InChI=1S/C9H9BrO4S/c1-2-15(13,14)6-3-4-8(10)7(5-6)9(11)12/h3-5H,2H2,1H3,(H,11,12). The van der Waals surface area contributed by atoms with Crippen LogP contribution in [0.2, 0.25) is 0 Å². The van der Waals surface area contributed by atoms with Gasteiger partial charge in [-0.1, -0.05) is 6.92 Å². The molecule has 0 aliphatic carbocycles. The van der Waals surface area contributed by atoms with Gasteiger partial charge in [0, 0.05) is 4.47 Å². The number of hydrogen-bond donors (Lipinski definition) is 1. The molecule has 1 N–H and O–H groups in total. The van der Waals surface area contributed by atoms with Gasteiger partial charge in [0.25, 0.3) is 0 Å². The molecular formula is C9H9BrO4S. The van der Waals surface area contributed by atoms with Gasteiger partial charge >= 0.3 is 5.97 Å². The lowest BCUT2D eigenvalue weighted by Crippen LogP contribution is -2.06. The molecule has 0 aromatic heterocycles. The summed E-state index contributed by atoms with van der Waals surface area (Å²) in [5.74, 6) is -1.21. The number of carbonyl (C=O) groups is 1. The van der Waals surface area contributed by atoms with Crippen LogP contribution in [0.1, 0.15) is 17.3 Å². The summed E-state index contributed by atoms with van der Waals surface area (Å²) < 4.78 is 23.3. The van der Waals surface area contributed by atoms with Crippen molar-refractivity contribution in [2.24, 2.45) is 0 Å². The van der Waals surface area contributed by atoms with E-state index >= 15 is 0 Å². The van der Waals surface area contributed by atoms with E-state index in [1.54, 1.807) is 0 Å². The Labute approximate surface area is 96.0 Å². The molecule has 0 saturated carbocycles. The molecule has 15 heavy (non-hydrogen) atoms. The highest BCUT2D eigenvalue weighted by molar-refractivity contribution is 9.10. The Morgan fingerprint density at radius 1 is 1.47 bits per heavy atom. The highest BCUT2D eigenvalue weighted by atomic mass is 79.9. The summed E-state index contributed by atoms with van der Waals surface area (Å²) in [4.78, 5) is 10.8. The van der Waals surface area contributed by atoms with Crippen molar-refractivity contribution in [3.63, 3.8) is 0 Å². The van der Waals surface area contributed by atoms with E-state index in [0.717, 1.165) is 6.07 Å². The highest BCUT2D eigenvalue weighted by Crippen LogP contribution is 2.21. The number of rotatable bonds is 3. The molecule has 6 heteroatoms. The van der Waals surface area contributed by atoms with E-state index in [4.69, 9.17) is 5.11 Å². The summed E-state index contributed by atoms with van der Waals surface area (Å²) >= 11 is 3.04. The first-order valence-electron chi connectivity index (χ1n) is 4.14. The van der Waals surface area contributed by atoms with Gasteiger partial charge in [0.15, 0.2) is 9.84 Å². The lowest BCUT2D eigenvalue weighted by Gasteiger charge is -2.04. The first-order chi connectivity index (χ1) is 6.88. The Hall–Kier alpha value is -0.880. The third-order valence-corrected chi connectivity index (χ3v) is 4.33. The van der Waals surface area contributed by atoms with Crippen molar-refractivity contribution in [2.75, 3.05) is 5.75 Å². The van der Waals surface area contributed by atoms with Crippen molar-refractivity contribution in [3.8, 4) is 0 Å². The molecule has 1 rings (SSSR count). The van der Waals surface area contributed by atoms with Gasteiger partial charge < -0.3 is 5.11 Å². The van der Waals surface area contributed by atoms with Gasteiger partial charge in [0.1, 0.15) is 0 Å². The lowest BCUT2D eigenvalue weighted by molar-refractivity contribution is 0.0695. The fourth-order valence-electron chi connectivity index (χ4n) is 1.03. The zero-order valence-electron chi connectivity index (χ0n) is 7.90. The van der Waals surface area contributed by atoms with Gasteiger partial charge in [-0.2, -0.15) is 0 Å². The number of carboxylic acids is 1. The number of benzene rings is 1. The zero-order chi connectivity index (χ0) is 11.6. The van der Waals surface area contributed by atoms with E-state index < -0.39 is 15.8 Å². The number of sulfone groups is 1. The second kappa shape index (κ2) is 4.32. The Morgan fingerprint density at radius 3 is 2.53 bits per heavy atom. The van der Waals surface area contributed by atoms with Crippen molar-refractivity contribution in [3.05, 3.63) is 28.2 Å². The van der Waals surface area contributed by atoms with Gasteiger partial charge in [-0.25, -0.2) is 13.2 Å².